The first kappa shape index (κ1) is 27.4. The van der Waals surface area contributed by atoms with Crippen molar-refractivity contribution in [1.29, 1.82) is 0 Å². The summed E-state index contributed by atoms with van der Waals surface area (Å²) in [7, 11) is 0. The maximum Gasteiger partial charge on any atom is 0.188 e. The lowest BCUT2D eigenvalue weighted by Gasteiger charge is -2.14. The minimum atomic E-state index is 0.652. The molecule has 10 rings (SSSR count). The van der Waals surface area contributed by atoms with Gasteiger partial charge in [0.05, 0.1) is 17.6 Å². The van der Waals surface area contributed by atoms with Gasteiger partial charge in [-0.05, 0) is 125 Å². The summed E-state index contributed by atoms with van der Waals surface area (Å²) in [6.07, 6.45) is 0. The molecule has 1 aromatic heterocycles. The number of fused-ring (bicyclic) bond motifs is 9. The number of aromatic nitrogens is 1. The first-order valence-corrected chi connectivity index (χ1v) is 16.6. The monoisotopic (exact) mass is 620 g/mol. The highest BCUT2D eigenvalue weighted by atomic mass is 15.0. The van der Waals surface area contributed by atoms with Crippen molar-refractivity contribution in [2.24, 2.45) is 0 Å². The summed E-state index contributed by atoms with van der Waals surface area (Å²) in [6.45, 7) is 7.65. The van der Waals surface area contributed by atoms with Gasteiger partial charge in [0.25, 0.3) is 0 Å². The molecular weight excluding hydrogens is 593 g/mol. The molecule has 0 aliphatic rings. The molecule has 0 unspecified atom stereocenters. The summed E-state index contributed by atoms with van der Waals surface area (Å²) < 4.78 is 2.30. The molecule has 0 aliphatic heterocycles. The molecule has 2 heteroatoms. The Morgan fingerprint density at radius 2 is 0.959 bits per heavy atom. The lowest BCUT2D eigenvalue weighted by Crippen LogP contribution is -1.92. The lowest BCUT2D eigenvalue weighted by atomic mass is 9.90. The van der Waals surface area contributed by atoms with E-state index >= 15 is 0 Å². The zero-order chi connectivity index (χ0) is 32.5. The van der Waals surface area contributed by atoms with Crippen LogP contribution in [-0.4, -0.2) is 4.57 Å². The van der Waals surface area contributed by atoms with Crippen LogP contribution >= 0.6 is 0 Å². The second-order valence-electron chi connectivity index (χ2n) is 12.8. The molecule has 0 bridgehead atoms. The minimum absolute atomic E-state index is 0.652. The molecule has 0 radical (unpaired) electrons. The average molecular weight is 621 g/mol. The van der Waals surface area contributed by atoms with Crippen molar-refractivity contribution >= 4 is 70.6 Å². The average Bonchev–Trinajstić information content (AvgIpc) is 3.50. The SMILES string of the molecule is [C-]#[N+]c1ccc2c(c1)c1cc(-c3ccc4cc(-c5cc6c7ccccc7ccc6c6ccccc56)ccc4c3)ccc1n2-c1ccccc1. The molecule has 1 heterocycles. The predicted octanol–water partition coefficient (Wildman–Crippen LogP) is 13.3. The predicted molar refractivity (Wildman–Crippen MR) is 208 cm³/mol. The highest BCUT2D eigenvalue weighted by molar-refractivity contribution is 6.21. The van der Waals surface area contributed by atoms with Gasteiger partial charge in [0.2, 0.25) is 0 Å². The molecule has 2 nitrogen and oxygen atoms in total. The van der Waals surface area contributed by atoms with E-state index in [0.29, 0.717) is 5.69 Å². The largest absolute Gasteiger partial charge is 0.309 e. The zero-order valence-electron chi connectivity index (χ0n) is 26.6. The Bertz CT molecular complexity index is 3000. The highest BCUT2D eigenvalue weighted by Crippen LogP contribution is 2.40. The molecule has 0 amide bonds. The Morgan fingerprint density at radius 3 is 1.78 bits per heavy atom. The molecule has 0 spiro atoms. The van der Waals surface area contributed by atoms with Gasteiger partial charge in [0, 0.05) is 11.1 Å². The fourth-order valence-electron chi connectivity index (χ4n) is 7.81. The topological polar surface area (TPSA) is 9.29 Å². The van der Waals surface area contributed by atoms with Gasteiger partial charge in [-0.3, -0.25) is 0 Å². The molecule has 0 saturated carbocycles. The van der Waals surface area contributed by atoms with Crippen LogP contribution in [-0.2, 0) is 0 Å². The Morgan fingerprint density at radius 1 is 0.367 bits per heavy atom. The van der Waals surface area contributed by atoms with Crippen LogP contribution in [0.2, 0.25) is 0 Å². The second-order valence-corrected chi connectivity index (χ2v) is 12.8. The van der Waals surface area contributed by atoms with Crippen molar-refractivity contribution in [3.8, 4) is 27.9 Å². The van der Waals surface area contributed by atoms with Crippen LogP contribution in [0.4, 0.5) is 5.69 Å². The molecule has 0 N–H and O–H groups in total. The van der Waals surface area contributed by atoms with Crippen LogP contribution in [0, 0.1) is 6.57 Å². The van der Waals surface area contributed by atoms with Gasteiger partial charge in [0.1, 0.15) is 0 Å². The van der Waals surface area contributed by atoms with Crippen molar-refractivity contribution in [2.75, 3.05) is 0 Å². The van der Waals surface area contributed by atoms with E-state index in [0.717, 1.165) is 33.1 Å². The quantitative estimate of drug-likeness (QED) is 0.137. The normalized spacial score (nSPS) is 11.7. The number of hydrogen-bond donors (Lipinski definition) is 0. The molecule has 226 valence electrons. The summed E-state index contributed by atoms with van der Waals surface area (Å²) in [5.41, 5.74) is 8.80. The van der Waals surface area contributed by atoms with E-state index in [1.807, 2.05) is 18.2 Å². The van der Waals surface area contributed by atoms with Crippen molar-refractivity contribution in [3.05, 3.63) is 181 Å². The third kappa shape index (κ3) is 4.27. The van der Waals surface area contributed by atoms with E-state index in [4.69, 9.17) is 6.57 Å². The zero-order valence-corrected chi connectivity index (χ0v) is 26.6. The minimum Gasteiger partial charge on any atom is -0.309 e. The van der Waals surface area contributed by atoms with Crippen molar-refractivity contribution in [2.45, 2.75) is 0 Å². The summed E-state index contributed by atoms with van der Waals surface area (Å²) in [5, 5.41) is 12.3. The molecule has 10 aromatic rings. The van der Waals surface area contributed by atoms with Crippen molar-refractivity contribution in [3.63, 3.8) is 0 Å². The summed E-state index contributed by atoms with van der Waals surface area (Å²) in [4.78, 5) is 3.74. The highest BCUT2D eigenvalue weighted by Gasteiger charge is 2.15. The Balaban J connectivity index is 1.12. The van der Waals surface area contributed by atoms with Crippen LogP contribution in [0.5, 0.6) is 0 Å². The third-order valence-corrected chi connectivity index (χ3v) is 10.1. The summed E-state index contributed by atoms with van der Waals surface area (Å²) in [5.74, 6) is 0. The smallest absolute Gasteiger partial charge is 0.188 e. The van der Waals surface area contributed by atoms with Gasteiger partial charge in [-0.1, -0.05) is 115 Å². The van der Waals surface area contributed by atoms with Crippen LogP contribution in [0.25, 0.3) is 97.7 Å². The van der Waals surface area contributed by atoms with Gasteiger partial charge in [-0.25, -0.2) is 4.85 Å². The third-order valence-electron chi connectivity index (χ3n) is 10.1. The Hall–Kier alpha value is -6.69. The maximum atomic E-state index is 7.65. The first-order chi connectivity index (χ1) is 24.2. The molecule has 9 aromatic carbocycles. The van der Waals surface area contributed by atoms with E-state index in [1.54, 1.807) is 0 Å². The Labute approximate surface area is 283 Å². The van der Waals surface area contributed by atoms with Gasteiger partial charge in [-0.2, -0.15) is 0 Å². The van der Waals surface area contributed by atoms with Crippen LogP contribution in [0.15, 0.2) is 170 Å². The maximum absolute atomic E-state index is 7.65. The molecule has 0 aliphatic carbocycles. The van der Waals surface area contributed by atoms with Crippen molar-refractivity contribution < 1.29 is 0 Å². The molecule has 49 heavy (non-hydrogen) atoms. The number of benzene rings is 9. The molecule has 0 atom stereocenters. The number of para-hydroxylation sites is 1. The van der Waals surface area contributed by atoms with E-state index in [1.165, 1.54) is 59.8 Å². The lowest BCUT2D eigenvalue weighted by molar-refractivity contribution is 1.18. The van der Waals surface area contributed by atoms with Crippen LogP contribution in [0.1, 0.15) is 0 Å². The van der Waals surface area contributed by atoms with Gasteiger partial charge < -0.3 is 4.57 Å². The van der Waals surface area contributed by atoms with Gasteiger partial charge in [-0.15, -0.1) is 0 Å². The van der Waals surface area contributed by atoms with E-state index in [-0.39, 0.29) is 0 Å². The number of rotatable bonds is 3. The van der Waals surface area contributed by atoms with E-state index < -0.39 is 0 Å². The summed E-state index contributed by atoms with van der Waals surface area (Å²) in [6, 6.07) is 61.2. The second kappa shape index (κ2) is 10.7. The number of hydrogen-bond acceptors (Lipinski definition) is 0. The molecular formula is C47H28N2. The van der Waals surface area contributed by atoms with Crippen molar-refractivity contribution in [1.82, 2.24) is 4.57 Å². The van der Waals surface area contributed by atoms with E-state index in [2.05, 4.69) is 161 Å². The first-order valence-electron chi connectivity index (χ1n) is 16.6. The fourth-order valence-corrected chi connectivity index (χ4v) is 7.81. The molecule has 0 fully saturated rings. The molecule has 0 saturated heterocycles. The number of nitrogens with zero attached hydrogens (tertiary/aromatic N) is 2. The summed E-state index contributed by atoms with van der Waals surface area (Å²) >= 11 is 0. The fraction of sp³-hybridized carbons (Fsp3) is 0. The standard InChI is InChI=1S/C47H28N2/c1-48-36-21-24-47-45(28-36)44-27-34(20-23-46(44)49(47)37-10-3-2-4-11-37)32-15-16-33-26-35(18-17-31(33)25-32)42-29-43-38-12-6-5-9-30(38)19-22-41(43)39-13-7-8-14-40(39)42/h2-29H. The van der Waals surface area contributed by atoms with Gasteiger partial charge in [0.15, 0.2) is 5.69 Å². The Kier molecular flexibility index (Phi) is 5.97. The van der Waals surface area contributed by atoms with Gasteiger partial charge >= 0.3 is 0 Å². The van der Waals surface area contributed by atoms with Crippen LogP contribution in [0.3, 0.4) is 0 Å². The van der Waals surface area contributed by atoms with Crippen LogP contribution < -0.4 is 0 Å². The van der Waals surface area contributed by atoms with E-state index in [9.17, 15) is 0 Å².